The van der Waals surface area contributed by atoms with E-state index in [-0.39, 0.29) is 30.7 Å². The molecule has 1 aliphatic rings. The number of nitrogens with zero attached hydrogens (tertiary/aromatic N) is 1. The van der Waals surface area contributed by atoms with E-state index in [9.17, 15) is 14.7 Å². The molecule has 0 aliphatic carbocycles. The average Bonchev–Trinajstić information content (AvgIpc) is 2.83. The summed E-state index contributed by atoms with van der Waals surface area (Å²) in [6.07, 6.45) is 17.7. The van der Waals surface area contributed by atoms with Crippen molar-refractivity contribution in [1.82, 2.24) is 4.90 Å². The van der Waals surface area contributed by atoms with Gasteiger partial charge >= 0.3 is 0 Å². The molecule has 1 aliphatic heterocycles. The van der Waals surface area contributed by atoms with E-state index in [0.29, 0.717) is 0 Å². The van der Waals surface area contributed by atoms with Gasteiger partial charge in [-0.15, -0.1) is 0 Å². The highest BCUT2D eigenvalue weighted by atomic mass is 16.3. The van der Waals surface area contributed by atoms with Gasteiger partial charge in [0.2, 0.25) is 11.8 Å². The fourth-order valence-corrected chi connectivity index (χ4v) is 3.33. The van der Waals surface area contributed by atoms with Crippen LogP contribution >= 0.6 is 0 Å². The summed E-state index contributed by atoms with van der Waals surface area (Å²) in [6, 6.07) is 0. The maximum Gasteiger partial charge on any atom is 0.236 e. The third-order valence-electron chi connectivity index (χ3n) is 4.82. The van der Waals surface area contributed by atoms with E-state index in [4.69, 9.17) is 0 Å². The third-order valence-corrected chi connectivity index (χ3v) is 4.82. The zero-order valence-electron chi connectivity index (χ0n) is 16.2. The standard InChI is InChI=1S/C21H37NO3/c1-3-4-5-6-7-8-9-10-11-12-13-14-15-19-16-20(24)22(21(19)25)17-18(2)23/h14-15,18-19,23H,3-13,16-17H2,1-2H3. The fraction of sp³-hybridized carbons (Fsp3) is 0.810. The lowest BCUT2D eigenvalue weighted by Gasteiger charge is -2.15. The molecule has 0 spiro atoms. The minimum absolute atomic E-state index is 0.112. The fourth-order valence-electron chi connectivity index (χ4n) is 3.33. The molecule has 1 N–H and O–H groups in total. The largest absolute Gasteiger partial charge is 0.392 e. The Hall–Kier alpha value is -1.16. The number of unbranched alkanes of at least 4 members (excludes halogenated alkanes) is 10. The zero-order chi connectivity index (χ0) is 18.5. The van der Waals surface area contributed by atoms with Crippen molar-refractivity contribution in [3.8, 4) is 0 Å². The molecule has 4 heteroatoms. The number of likely N-dealkylation sites (tertiary alicyclic amines) is 1. The number of carbonyl (C=O) groups excluding carboxylic acids is 2. The molecule has 0 radical (unpaired) electrons. The van der Waals surface area contributed by atoms with Crippen LogP contribution < -0.4 is 0 Å². The minimum Gasteiger partial charge on any atom is -0.392 e. The molecule has 1 fully saturated rings. The van der Waals surface area contributed by atoms with Gasteiger partial charge in [-0.1, -0.05) is 76.9 Å². The van der Waals surface area contributed by atoms with Gasteiger partial charge in [0.1, 0.15) is 0 Å². The first kappa shape index (κ1) is 21.9. The Morgan fingerprint density at radius 3 is 2.16 bits per heavy atom. The monoisotopic (exact) mass is 351 g/mol. The number of β-amino-alcohol motifs (C(OH)–C–C–N with tert-alkyl or cyclic N) is 1. The highest BCUT2D eigenvalue weighted by Gasteiger charge is 2.37. The van der Waals surface area contributed by atoms with Gasteiger partial charge in [0.05, 0.1) is 18.6 Å². The second-order valence-electron chi connectivity index (χ2n) is 7.40. The highest BCUT2D eigenvalue weighted by Crippen LogP contribution is 2.21. The molecule has 2 unspecified atom stereocenters. The predicted molar refractivity (Wildman–Crippen MR) is 102 cm³/mol. The molecule has 1 saturated heterocycles. The Morgan fingerprint density at radius 1 is 1.04 bits per heavy atom. The van der Waals surface area contributed by atoms with Crippen LogP contribution in [0.1, 0.15) is 90.9 Å². The van der Waals surface area contributed by atoms with Crippen LogP contribution in [0.3, 0.4) is 0 Å². The molecule has 0 saturated carbocycles. The van der Waals surface area contributed by atoms with Gasteiger partial charge in [-0.2, -0.15) is 0 Å². The van der Waals surface area contributed by atoms with Crippen molar-refractivity contribution >= 4 is 11.8 Å². The molecule has 0 aromatic carbocycles. The summed E-state index contributed by atoms with van der Waals surface area (Å²) in [7, 11) is 0. The summed E-state index contributed by atoms with van der Waals surface area (Å²) in [5, 5.41) is 9.36. The summed E-state index contributed by atoms with van der Waals surface area (Å²) in [5.74, 6) is -0.654. The Bertz CT molecular complexity index is 417. The van der Waals surface area contributed by atoms with Crippen molar-refractivity contribution in [1.29, 1.82) is 0 Å². The maximum atomic E-state index is 12.1. The first-order valence-electron chi connectivity index (χ1n) is 10.2. The Balaban J connectivity index is 2.05. The zero-order valence-corrected chi connectivity index (χ0v) is 16.2. The normalized spacial score (nSPS) is 19.3. The van der Waals surface area contributed by atoms with Gasteiger partial charge in [-0.25, -0.2) is 0 Å². The number of imide groups is 1. The van der Waals surface area contributed by atoms with Crippen molar-refractivity contribution < 1.29 is 14.7 Å². The van der Waals surface area contributed by atoms with Crippen LogP contribution in [0.5, 0.6) is 0 Å². The topological polar surface area (TPSA) is 57.6 Å². The second-order valence-corrected chi connectivity index (χ2v) is 7.40. The van der Waals surface area contributed by atoms with Gasteiger partial charge in [-0.3, -0.25) is 14.5 Å². The Morgan fingerprint density at radius 2 is 1.60 bits per heavy atom. The number of hydrogen-bond donors (Lipinski definition) is 1. The van der Waals surface area contributed by atoms with Gasteiger partial charge in [-0.05, 0) is 19.8 Å². The molecule has 0 bridgehead atoms. The summed E-state index contributed by atoms with van der Waals surface area (Å²) < 4.78 is 0. The van der Waals surface area contributed by atoms with Crippen molar-refractivity contribution in [3.63, 3.8) is 0 Å². The van der Waals surface area contributed by atoms with Gasteiger partial charge < -0.3 is 5.11 Å². The Kier molecular flexibility index (Phi) is 11.5. The van der Waals surface area contributed by atoms with Gasteiger partial charge in [0.15, 0.2) is 0 Å². The Labute approximate surface area is 153 Å². The maximum absolute atomic E-state index is 12.1. The first-order valence-corrected chi connectivity index (χ1v) is 10.2. The van der Waals surface area contributed by atoms with E-state index in [2.05, 4.69) is 6.92 Å². The van der Waals surface area contributed by atoms with Crippen LogP contribution in [0, 0.1) is 5.92 Å². The third kappa shape index (κ3) is 9.20. The number of carbonyl (C=O) groups is 2. The molecule has 2 atom stereocenters. The van der Waals surface area contributed by atoms with Crippen LogP contribution in [0.2, 0.25) is 0 Å². The minimum atomic E-state index is -0.665. The van der Waals surface area contributed by atoms with Gasteiger partial charge in [0, 0.05) is 6.42 Å². The van der Waals surface area contributed by atoms with Crippen molar-refractivity contribution in [2.45, 2.75) is 97.0 Å². The number of allylic oxidation sites excluding steroid dienone is 1. The molecule has 2 amide bonds. The van der Waals surface area contributed by atoms with E-state index < -0.39 is 6.10 Å². The molecule has 0 aromatic rings. The number of aliphatic hydroxyl groups excluding tert-OH is 1. The van der Waals surface area contributed by atoms with Gasteiger partial charge in [0.25, 0.3) is 0 Å². The average molecular weight is 352 g/mol. The molecule has 1 rings (SSSR count). The summed E-state index contributed by atoms with van der Waals surface area (Å²) in [5.41, 5.74) is 0. The molecule has 4 nitrogen and oxygen atoms in total. The van der Waals surface area contributed by atoms with Crippen LogP contribution in [0.15, 0.2) is 12.2 Å². The smallest absolute Gasteiger partial charge is 0.236 e. The number of aliphatic hydroxyl groups is 1. The lowest BCUT2D eigenvalue weighted by atomic mass is 10.0. The first-order chi connectivity index (χ1) is 12.1. The van der Waals surface area contributed by atoms with Crippen LogP contribution in [0.25, 0.3) is 0 Å². The molecule has 144 valence electrons. The van der Waals surface area contributed by atoms with Crippen molar-refractivity contribution in [2.24, 2.45) is 5.92 Å². The van der Waals surface area contributed by atoms with E-state index >= 15 is 0 Å². The van der Waals surface area contributed by atoms with Crippen molar-refractivity contribution in [3.05, 3.63) is 12.2 Å². The van der Waals surface area contributed by atoms with E-state index in [1.807, 2.05) is 12.2 Å². The molecule has 1 heterocycles. The van der Waals surface area contributed by atoms with E-state index in [1.165, 1.54) is 62.7 Å². The van der Waals surface area contributed by atoms with E-state index in [1.54, 1.807) is 6.92 Å². The molecule has 25 heavy (non-hydrogen) atoms. The summed E-state index contributed by atoms with van der Waals surface area (Å²) in [4.78, 5) is 25.1. The number of rotatable bonds is 14. The van der Waals surface area contributed by atoms with Crippen LogP contribution in [0.4, 0.5) is 0 Å². The molecule has 0 aromatic heterocycles. The molecular weight excluding hydrogens is 314 g/mol. The lowest BCUT2D eigenvalue weighted by molar-refractivity contribution is -0.140. The van der Waals surface area contributed by atoms with E-state index in [0.717, 1.165) is 12.8 Å². The quantitative estimate of drug-likeness (QED) is 0.282. The van der Waals surface area contributed by atoms with Crippen LogP contribution in [-0.4, -0.2) is 34.5 Å². The van der Waals surface area contributed by atoms with Crippen molar-refractivity contribution in [2.75, 3.05) is 6.54 Å². The molecular formula is C21H37NO3. The summed E-state index contributed by atoms with van der Waals surface area (Å²) in [6.45, 7) is 3.95. The second kappa shape index (κ2) is 13.1. The highest BCUT2D eigenvalue weighted by molar-refractivity contribution is 6.04. The predicted octanol–water partition coefficient (Wildman–Crippen LogP) is 4.61. The lowest BCUT2D eigenvalue weighted by Crippen LogP contribution is -2.36. The van der Waals surface area contributed by atoms with Crippen LogP contribution in [-0.2, 0) is 9.59 Å². The SMILES string of the molecule is CCCCCCCCCCCCC=CC1CC(=O)N(CC(C)O)C1=O. The number of amides is 2. The summed E-state index contributed by atoms with van der Waals surface area (Å²) >= 11 is 0. The number of hydrogen-bond acceptors (Lipinski definition) is 3.